The molecular weight excluding hydrogens is 291 g/mol. The highest BCUT2D eigenvalue weighted by Gasteiger charge is 2.25. The Morgan fingerprint density at radius 1 is 1.24 bits per heavy atom. The van der Waals surface area contributed by atoms with Gasteiger partial charge in [0.25, 0.3) is 5.91 Å². The van der Waals surface area contributed by atoms with Crippen LogP contribution in [-0.2, 0) is 13.0 Å². The summed E-state index contributed by atoms with van der Waals surface area (Å²) in [5, 5.41) is 0.459. The van der Waals surface area contributed by atoms with Gasteiger partial charge in [0, 0.05) is 34.9 Å². The maximum Gasteiger partial charge on any atom is 0.254 e. The summed E-state index contributed by atoms with van der Waals surface area (Å²) < 4.78 is 13.8. The van der Waals surface area contributed by atoms with Gasteiger partial charge in [0.2, 0.25) is 0 Å². The number of anilines is 1. The van der Waals surface area contributed by atoms with Crippen LogP contribution < -0.4 is 5.73 Å². The van der Waals surface area contributed by atoms with Crippen molar-refractivity contribution in [1.82, 2.24) is 4.90 Å². The molecule has 21 heavy (non-hydrogen) atoms. The lowest BCUT2D eigenvalue weighted by molar-refractivity contribution is 0.0725. The second-order valence-corrected chi connectivity index (χ2v) is 5.57. The van der Waals surface area contributed by atoms with E-state index in [9.17, 15) is 9.18 Å². The van der Waals surface area contributed by atoms with Crippen LogP contribution >= 0.6 is 11.6 Å². The largest absolute Gasteiger partial charge is 0.399 e. The van der Waals surface area contributed by atoms with Gasteiger partial charge in [0.05, 0.1) is 0 Å². The van der Waals surface area contributed by atoms with E-state index in [2.05, 4.69) is 0 Å². The monoisotopic (exact) mass is 304 g/mol. The first-order valence-electron chi connectivity index (χ1n) is 6.66. The topological polar surface area (TPSA) is 46.3 Å². The molecule has 0 fully saturated rings. The van der Waals surface area contributed by atoms with E-state index >= 15 is 0 Å². The number of halogens is 2. The Kier molecular flexibility index (Phi) is 3.55. The van der Waals surface area contributed by atoms with Crippen molar-refractivity contribution in [2.75, 3.05) is 12.3 Å². The Morgan fingerprint density at radius 2 is 2.05 bits per heavy atom. The molecular formula is C16H14ClFN2O. The van der Waals surface area contributed by atoms with E-state index in [-0.39, 0.29) is 18.3 Å². The molecule has 0 radical (unpaired) electrons. The number of hydrogen-bond donors (Lipinski definition) is 1. The first kappa shape index (κ1) is 13.9. The second-order valence-electron chi connectivity index (χ2n) is 5.13. The van der Waals surface area contributed by atoms with Crippen LogP contribution in [0.1, 0.15) is 21.5 Å². The van der Waals surface area contributed by atoms with Gasteiger partial charge >= 0.3 is 0 Å². The molecule has 0 bridgehead atoms. The summed E-state index contributed by atoms with van der Waals surface area (Å²) in [6.45, 7) is 0.765. The molecule has 0 aromatic heterocycles. The first-order valence-corrected chi connectivity index (χ1v) is 7.04. The molecule has 1 aliphatic heterocycles. The molecule has 1 heterocycles. The third-order valence-corrected chi connectivity index (χ3v) is 3.91. The summed E-state index contributed by atoms with van der Waals surface area (Å²) in [5.41, 5.74) is 8.30. The highest BCUT2D eigenvalue weighted by molar-refractivity contribution is 6.30. The number of benzene rings is 2. The maximum atomic E-state index is 13.8. The quantitative estimate of drug-likeness (QED) is 0.866. The van der Waals surface area contributed by atoms with Gasteiger partial charge in [-0.25, -0.2) is 4.39 Å². The van der Waals surface area contributed by atoms with Gasteiger partial charge in [-0.1, -0.05) is 17.7 Å². The lowest BCUT2D eigenvalue weighted by Crippen LogP contribution is -2.37. The number of nitrogen functional groups attached to an aromatic ring is 1. The predicted molar refractivity (Wildman–Crippen MR) is 80.7 cm³/mol. The van der Waals surface area contributed by atoms with Crippen LogP contribution in [0.3, 0.4) is 0 Å². The fraction of sp³-hybridized carbons (Fsp3) is 0.188. The molecule has 2 N–H and O–H groups in total. The van der Waals surface area contributed by atoms with Crippen LogP contribution in [0.25, 0.3) is 0 Å². The summed E-state index contributed by atoms with van der Waals surface area (Å²) >= 11 is 5.89. The number of nitrogens with zero attached hydrogens (tertiary/aromatic N) is 1. The summed E-state index contributed by atoms with van der Waals surface area (Å²) in [5.74, 6) is -0.478. The zero-order valence-electron chi connectivity index (χ0n) is 11.3. The van der Waals surface area contributed by atoms with Crippen molar-refractivity contribution in [1.29, 1.82) is 0 Å². The molecule has 2 aromatic rings. The van der Waals surface area contributed by atoms with Gasteiger partial charge in [0.15, 0.2) is 0 Å². The Hall–Kier alpha value is -2.07. The van der Waals surface area contributed by atoms with E-state index < -0.39 is 0 Å². The molecule has 0 aliphatic carbocycles. The average Bonchev–Trinajstić information content (AvgIpc) is 2.46. The molecule has 3 nitrogen and oxygen atoms in total. The van der Waals surface area contributed by atoms with Gasteiger partial charge in [-0.2, -0.15) is 0 Å². The van der Waals surface area contributed by atoms with Crippen LogP contribution in [0.5, 0.6) is 0 Å². The number of nitrogens with two attached hydrogens (primary N) is 1. The van der Waals surface area contributed by atoms with Crippen molar-refractivity contribution in [3.63, 3.8) is 0 Å². The maximum absolute atomic E-state index is 13.8. The van der Waals surface area contributed by atoms with Crippen molar-refractivity contribution in [3.8, 4) is 0 Å². The Bertz CT molecular complexity index is 717. The molecule has 3 rings (SSSR count). The molecule has 0 spiro atoms. The molecule has 1 aliphatic rings. The normalized spacial score (nSPS) is 14.2. The predicted octanol–water partition coefficient (Wildman–Crippen LogP) is 3.26. The summed E-state index contributed by atoms with van der Waals surface area (Å²) in [4.78, 5) is 14.1. The Labute approximate surface area is 127 Å². The minimum atomic E-state index is -0.356. The molecule has 2 aromatic carbocycles. The zero-order valence-corrected chi connectivity index (χ0v) is 12.0. The van der Waals surface area contributed by atoms with Gasteiger partial charge in [-0.05, 0) is 42.3 Å². The fourth-order valence-corrected chi connectivity index (χ4v) is 2.75. The van der Waals surface area contributed by atoms with E-state index in [1.807, 2.05) is 6.07 Å². The molecule has 0 saturated heterocycles. The third-order valence-electron chi connectivity index (χ3n) is 3.67. The van der Waals surface area contributed by atoms with E-state index in [0.29, 0.717) is 28.4 Å². The number of carbonyl (C=O) groups is 1. The number of carbonyl (C=O) groups excluding carboxylic acids is 1. The highest BCUT2D eigenvalue weighted by Crippen LogP contribution is 2.24. The Balaban J connectivity index is 1.88. The highest BCUT2D eigenvalue weighted by atomic mass is 35.5. The van der Waals surface area contributed by atoms with Crippen molar-refractivity contribution < 1.29 is 9.18 Å². The van der Waals surface area contributed by atoms with Crippen molar-refractivity contribution in [2.45, 2.75) is 13.0 Å². The summed E-state index contributed by atoms with van der Waals surface area (Å²) in [6, 6.07) is 9.71. The third kappa shape index (κ3) is 2.72. The van der Waals surface area contributed by atoms with Crippen LogP contribution in [0.4, 0.5) is 10.1 Å². The number of hydrogen-bond acceptors (Lipinski definition) is 2. The van der Waals surface area contributed by atoms with E-state index in [4.69, 9.17) is 17.3 Å². The number of fused-ring (bicyclic) bond motifs is 1. The van der Waals surface area contributed by atoms with Crippen LogP contribution in [0.2, 0.25) is 5.02 Å². The minimum Gasteiger partial charge on any atom is -0.399 e. The molecule has 1 amide bonds. The van der Waals surface area contributed by atoms with Gasteiger partial charge in [0.1, 0.15) is 5.82 Å². The Morgan fingerprint density at radius 3 is 2.86 bits per heavy atom. The molecule has 0 saturated carbocycles. The molecule has 5 heteroatoms. The van der Waals surface area contributed by atoms with E-state index in [0.717, 1.165) is 12.0 Å². The van der Waals surface area contributed by atoms with Crippen LogP contribution in [-0.4, -0.2) is 17.4 Å². The average molecular weight is 305 g/mol. The van der Waals surface area contributed by atoms with Crippen molar-refractivity contribution in [2.24, 2.45) is 0 Å². The lowest BCUT2D eigenvalue weighted by atomic mass is 9.98. The van der Waals surface area contributed by atoms with Crippen LogP contribution in [0, 0.1) is 5.82 Å². The molecule has 108 valence electrons. The molecule has 0 unspecified atom stereocenters. The van der Waals surface area contributed by atoms with E-state index in [1.165, 1.54) is 12.1 Å². The van der Waals surface area contributed by atoms with Gasteiger partial charge < -0.3 is 10.6 Å². The van der Waals surface area contributed by atoms with Gasteiger partial charge in [-0.3, -0.25) is 4.79 Å². The summed E-state index contributed by atoms with van der Waals surface area (Å²) in [6.07, 6.45) is 0.740. The summed E-state index contributed by atoms with van der Waals surface area (Å²) in [7, 11) is 0. The first-order chi connectivity index (χ1) is 10.0. The molecule has 0 atom stereocenters. The standard InChI is InChI=1S/C16H14ClFN2O/c17-12-2-4-15(18)11(7-12)9-20-6-5-10-1-3-13(19)8-14(10)16(20)21/h1-4,7-8H,5-6,9,19H2. The number of rotatable bonds is 2. The lowest BCUT2D eigenvalue weighted by Gasteiger charge is -2.29. The number of amides is 1. The smallest absolute Gasteiger partial charge is 0.254 e. The van der Waals surface area contributed by atoms with Gasteiger partial charge in [-0.15, -0.1) is 0 Å². The fourth-order valence-electron chi connectivity index (χ4n) is 2.56. The van der Waals surface area contributed by atoms with Crippen molar-refractivity contribution in [3.05, 3.63) is 63.9 Å². The van der Waals surface area contributed by atoms with E-state index in [1.54, 1.807) is 23.1 Å². The SMILES string of the molecule is Nc1ccc2c(c1)C(=O)N(Cc1cc(Cl)ccc1F)CC2. The van der Waals surface area contributed by atoms with Crippen molar-refractivity contribution >= 4 is 23.2 Å². The minimum absolute atomic E-state index is 0.122. The van der Waals surface area contributed by atoms with Crippen LogP contribution in [0.15, 0.2) is 36.4 Å². The second kappa shape index (κ2) is 5.37. The zero-order chi connectivity index (χ0) is 15.0.